The number of nitrogens with one attached hydrogen (secondary N) is 9. The zero-order chi connectivity index (χ0) is 102. The first-order valence-electron chi connectivity index (χ1n) is 46.9. The number of fused-ring (bicyclic) bond motifs is 3. The van der Waals surface area contributed by atoms with Gasteiger partial charge >= 0.3 is 0 Å². The molecule has 9 atom stereocenters. The molecule has 5 aromatic carbocycles. The second kappa shape index (κ2) is 45.7. The van der Waals surface area contributed by atoms with E-state index in [4.69, 9.17) is 9.47 Å². The monoisotopic (exact) mass is 1940 g/mol. The van der Waals surface area contributed by atoms with Crippen molar-refractivity contribution in [3.63, 3.8) is 0 Å². The standard InChI is InChI=1S/2C25H36N4O3S.C19H21N3O5.C17H19N3O3.C17H18N2O4/c2*1-15(2)28-22(25(4,5)6)24(32)29-13-19(30)11-20(29)23(31)26-12-17-7-9-18(10-8-17)21-16(3)27-14-33-21;1-10(2)20-15(23)9-27-14-6-4-5-12-16(14)19(26)22(18(12)25)13-8-7-11(3)21-17(13)24;1-9(2)18-12-6-4-5-11-14(12)17(23)20(16(11)22)13-8-7-10(3)19-15(13)21;1-9(2)23-13-6-4-5-11-14(13)17(22)19(16(11)21)12-8-7-10(3)18-15(12)20/h2*7-10,14-15,19-20,22,28,30H,11-13H2,1-6H3,(H,26,31);4-6,10,13H,3,7-9H2,1-2H3,(H,20,23)(H,21,24);4-6,9,13,18H,3,7-8H2,1-2H3,(H,19,21);4-6,9,12H,3,7-8H2,1-2H3,(H,18,20)/t19-,20+,22+;19-,20+,22-;;;/m01.../s1. The fourth-order valence-electron chi connectivity index (χ4n) is 17.4. The zero-order valence-corrected chi connectivity index (χ0v) is 83.9. The number of carbonyl (C=O) groups is 14. The van der Waals surface area contributed by atoms with Crippen LogP contribution in [0.15, 0.2) is 151 Å². The zero-order valence-electron chi connectivity index (χ0n) is 82.2. The number of nitrogens with zero attached hydrogens (tertiary/aromatic N) is 7. The normalized spacial score (nSPS) is 20.0. The summed E-state index contributed by atoms with van der Waals surface area (Å²) in [6.45, 7) is 47.2. The molecule has 0 aliphatic carbocycles. The van der Waals surface area contributed by atoms with Crippen LogP contribution in [0, 0.1) is 24.7 Å². The number of piperidine rings is 3. The summed E-state index contributed by atoms with van der Waals surface area (Å²) in [5, 5.41) is 46.8. The molecule has 8 aliphatic rings. The lowest BCUT2D eigenvalue weighted by Crippen LogP contribution is -2.57. The summed E-state index contributed by atoms with van der Waals surface area (Å²) in [6.07, 6.45) is 1.67. The van der Waals surface area contributed by atoms with Gasteiger partial charge in [0.15, 0.2) is 6.61 Å². The molecular weight excluding hydrogens is 1810 g/mol. The van der Waals surface area contributed by atoms with Crippen LogP contribution < -0.4 is 57.3 Å². The van der Waals surface area contributed by atoms with Crippen LogP contribution in [0.4, 0.5) is 5.69 Å². The first-order chi connectivity index (χ1) is 65.5. The summed E-state index contributed by atoms with van der Waals surface area (Å²) in [4.78, 5) is 195. The van der Waals surface area contributed by atoms with E-state index in [1.54, 1.807) is 74.9 Å². The van der Waals surface area contributed by atoms with Crippen molar-refractivity contribution in [2.45, 2.75) is 274 Å². The molecule has 7 aromatic rings. The number of thiazole rings is 2. The number of likely N-dealkylation sites (tertiary alicyclic amines) is 2. The molecular formula is C103H130N16O18S2. The molecule has 14 amide bonds. The van der Waals surface area contributed by atoms with Crippen LogP contribution in [0.2, 0.25) is 0 Å². The van der Waals surface area contributed by atoms with E-state index < -0.39 is 95.9 Å². The first kappa shape index (κ1) is 106. The molecule has 0 spiro atoms. The molecule has 11 N–H and O–H groups in total. The Balaban J connectivity index is 0.000000168. The van der Waals surface area contributed by atoms with Crippen LogP contribution in [0.25, 0.3) is 20.9 Å². The van der Waals surface area contributed by atoms with Gasteiger partial charge in [-0.3, -0.25) is 81.8 Å². The van der Waals surface area contributed by atoms with Crippen molar-refractivity contribution in [3.05, 3.63) is 207 Å². The Hall–Kier alpha value is -13.0. The van der Waals surface area contributed by atoms with Gasteiger partial charge in [-0.1, -0.05) is 156 Å². The van der Waals surface area contributed by atoms with Gasteiger partial charge in [0, 0.05) is 86.0 Å². The molecule has 15 rings (SSSR count). The van der Waals surface area contributed by atoms with Gasteiger partial charge in [-0.15, -0.1) is 22.7 Å². The van der Waals surface area contributed by atoms with Gasteiger partial charge < -0.3 is 77.3 Å². The first-order valence-corrected chi connectivity index (χ1v) is 48.7. The minimum absolute atomic E-state index is 0.0409. The van der Waals surface area contributed by atoms with Crippen molar-refractivity contribution >= 4 is 111 Å². The second-order valence-corrected chi connectivity index (χ2v) is 41.1. The quantitative estimate of drug-likeness (QED) is 0.0237. The number of amides is 14. The van der Waals surface area contributed by atoms with Crippen LogP contribution in [-0.4, -0.2) is 232 Å². The molecule has 8 aliphatic heterocycles. The SMILES string of the molecule is C=C1CCC(N2C(=O)c3cccc(NC(C)C)c3C2=O)C(=O)N1.C=C1CCC(N2C(=O)c3cccc(OC(C)C)c3C2=O)C(=O)N1.C=C1CCC(N2C(=O)c3cccc(OCC(=O)NC(C)C)c3C2=O)C(=O)N1.Cc1ncsc1-c1ccc(CNC(=O)[C@@H]2C[C@@H](O)CN2C(=O)[C@@H](NC(C)C)C(C)(C)C)cc1.Cc1ncsc1-c1ccc(CNC(=O)[C@H]2C[C@H](O)CN2C(=O)[C@@H](NC(C)C)C(C)(C)C)cc1. The summed E-state index contributed by atoms with van der Waals surface area (Å²) in [5.74, 6) is -4.62. The Morgan fingerprint density at radius 3 is 1.17 bits per heavy atom. The Morgan fingerprint density at radius 2 is 0.835 bits per heavy atom. The summed E-state index contributed by atoms with van der Waals surface area (Å²) in [6, 6.07) is 26.4. The fraction of sp³-hybridized carbons (Fsp3) is 0.456. The number of hydrogen-bond donors (Lipinski definition) is 11. The highest BCUT2D eigenvalue weighted by Gasteiger charge is 2.51. The predicted octanol–water partition coefficient (Wildman–Crippen LogP) is 11.0. The second-order valence-electron chi connectivity index (χ2n) is 39.3. The van der Waals surface area contributed by atoms with E-state index in [1.807, 2.05) is 184 Å². The lowest BCUT2D eigenvalue weighted by molar-refractivity contribution is -0.142. The molecule has 742 valence electrons. The Bertz CT molecular complexity index is 5570. The number of allylic oxidation sites excluding steroid dienone is 3. The van der Waals surface area contributed by atoms with E-state index in [1.165, 1.54) is 12.1 Å². The third kappa shape index (κ3) is 25.8. The smallest absolute Gasteiger partial charge is 0.266 e. The molecule has 2 aromatic heterocycles. The highest BCUT2D eigenvalue weighted by molar-refractivity contribution is 7.13. The van der Waals surface area contributed by atoms with Crippen molar-refractivity contribution in [1.82, 2.24) is 77.0 Å². The van der Waals surface area contributed by atoms with Crippen LogP contribution in [-0.2, 0) is 51.4 Å². The van der Waals surface area contributed by atoms with Crippen LogP contribution >= 0.6 is 22.7 Å². The van der Waals surface area contributed by atoms with Gasteiger partial charge in [0.25, 0.3) is 41.4 Å². The summed E-state index contributed by atoms with van der Waals surface area (Å²) in [7, 11) is 0. The lowest BCUT2D eigenvalue weighted by atomic mass is 9.85. The molecule has 10 heterocycles. The molecule has 0 radical (unpaired) electrons. The summed E-state index contributed by atoms with van der Waals surface area (Å²) >= 11 is 3.21. The van der Waals surface area contributed by atoms with E-state index in [0.717, 1.165) is 58.1 Å². The minimum atomic E-state index is -0.889. The van der Waals surface area contributed by atoms with Crippen molar-refractivity contribution < 1.29 is 86.8 Å². The van der Waals surface area contributed by atoms with Crippen molar-refractivity contribution in [1.29, 1.82) is 0 Å². The maximum atomic E-state index is 13.4. The predicted molar refractivity (Wildman–Crippen MR) is 529 cm³/mol. The number of carbonyl (C=O) groups excluding carboxylic acids is 14. The third-order valence-corrected chi connectivity index (χ3v) is 26.0. The number of aliphatic hydroxyl groups excluding tert-OH is 2. The maximum absolute atomic E-state index is 13.4. The molecule has 0 saturated carbocycles. The molecule has 0 bridgehead atoms. The third-order valence-electron chi connectivity index (χ3n) is 24.1. The minimum Gasteiger partial charge on any atom is -0.490 e. The van der Waals surface area contributed by atoms with E-state index in [9.17, 15) is 77.3 Å². The number of β-amino-alcohol motifs (C(OH)–C–C–N with tert-alkyl or cyclic N) is 2. The molecule has 34 nitrogen and oxygen atoms in total. The highest BCUT2D eigenvalue weighted by atomic mass is 32.1. The average molecular weight is 1940 g/mol. The molecule has 5 saturated heterocycles. The number of imide groups is 3. The molecule has 5 fully saturated rings. The largest absolute Gasteiger partial charge is 0.490 e. The van der Waals surface area contributed by atoms with Gasteiger partial charge in [-0.2, -0.15) is 0 Å². The van der Waals surface area contributed by atoms with Crippen LogP contribution in [0.5, 0.6) is 11.5 Å². The molecule has 139 heavy (non-hydrogen) atoms. The van der Waals surface area contributed by atoms with Gasteiger partial charge in [-0.05, 0) is 163 Å². The van der Waals surface area contributed by atoms with Crippen molar-refractivity contribution in [2.24, 2.45) is 10.8 Å². The van der Waals surface area contributed by atoms with E-state index in [0.29, 0.717) is 91.3 Å². The van der Waals surface area contributed by atoms with Crippen molar-refractivity contribution in [3.8, 4) is 32.4 Å². The summed E-state index contributed by atoms with van der Waals surface area (Å²) in [5.41, 5.74) is 13.1. The molecule has 36 heteroatoms. The Labute approximate surface area is 819 Å². The number of benzene rings is 5. The number of anilines is 1. The number of aliphatic hydroxyl groups is 2. The molecule has 3 unspecified atom stereocenters. The van der Waals surface area contributed by atoms with Crippen molar-refractivity contribution in [2.75, 3.05) is 25.0 Å². The topological polar surface area (TPSA) is 448 Å². The number of hydrogen-bond acceptors (Lipinski definition) is 25. The van der Waals surface area contributed by atoms with E-state index in [2.05, 4.69) is 77.6 Å². The lowest BCUT2D eigenvalue weighted by Gasteiger charge is -2.36. The summed E-state index contributed by atoms with van der Waals surface area (Å²) < 4.78 is 11.1. The number of aryl methyl sites for hydroxylation is 2. The number of rotatable bonds is 25. The van der Waals surface area contributed by atoms with E-state index in [-0.39, 0.29) is 143 Å². The fourth-order valence-corrected chi connectivity index (χ4v) is 19.1. The van der Waals surface area contributed by atoms with Gasteiger partial charge in [-0.25, -0.2) is 9.97 Å². The Morgan fingerprint density at radius 1 is 0.475 bits per heavy atom. The van der Waals surface area contributed by atoms with Crippen LogP contribution in [0.1, 0.15) is 247 Å². The van der Waals surface area contributed by atoms with Gasteiger partial charge in [0.1, 0.15) is 41.7 Å². The van der Waals surface area contributed by atoms with E-state index >= 15 is 0 Å². The number of aromatic nitrogens is 2. The van der Waals surface area contributed by atoms with Crippen LogP contribution in [0.3, 0.4) is 0 Å². The average Bonchev–Trinajstić information content (AvgIpc) is 1.61. The number of ether oxygens (including phenoxy) is 2. The van der Waals surface area contributed by atoms with Gasteiger partial charge in [0.05, 0.1) is 95.9 Å². The Kier molecular flexibility index (Phi) is 35.0. The highest BCUT2D eigenvalue weighted by Crippen LogP contribution is 2.40. The van der Waals surface area contributed by atoms with Gasteiger partial charge in [0.2, 0.25) is 41.4 Å². The maximum Gasteiger partial charge on any atom is 0.266 e.